The molecule has 8 heteroatoms. The second-order valence-electron chi connectivity index (χ2n) is 4.80. The normalized spacial score (nSPS) is 19.7. The molecule has 1 aromatic carbocycles. The Morgan fingerprint density at radius 1 is 1.48 bits per heavy atom. The molecule has 1 heterocycles. The van der Waals surface area contributed by atoms with Crippen molar-refractivity contribution < 1.29 is 17.6 Å². The molecule has 0 spiro atoms. The fourth-order valence-electron chi connectivity index (χ4n) is 2.15. The van der Waals surface area contributed by atoms with E-state index >= 15 is 0 Å². The van der Waals surface area contributed by atoms with E-state index in [1.807, 2.05) is 0 Å². The van der Waals surface area contributed by atoms with Crippen molar-refractivity contribution in [3.05, 3.63) is 29.6 Å². The van der Waals surface area contributed by atoms with Crippen LogP contribution in [0.4, 0.5) is 10.1 Å². The van der Waals surface area contributed by atoms with Crippen molar-refractivity contribution in [2.75, 3.05) is 23.4 Å². The lowest BCUT2D eigenvalue weighted by Gasteiger charge is -2.12. The van der Waals surface area contributed by atoms with E-state index in [2.05, 4.69) is 10.6 Å². The van der Waals surface area contributed by atoms with Gasteiger partial charge in [0.25, 0.3) is 0 Å². The van der Waals surface area contributed by atoms with Crippen molar-refractivity contribution >= 4 is 21.4 Å². The number of nitriles is 1. The fraction of sp³-hybridized carbons (Fsp3) is 0.385. The molecule has 1 saturated heterocycles. The molecular weight excluding hydrogens is 297 g/mol. The van der Waals surface area contributed by atoms with Gasteiger partial charge in [0.05, 0.1) is 23.7 Å². The number of sulfone groups is 1. The number of hydrogen-bond donors (Lipinski definition) is 2. The average Bonchev–Trinajstić information content (AvgIpc) is 2.75. The highest BCUT2D eigenvalue weighted by molar-refractivity contribution is 7.91. The lowest BCUT2D eigenvalue weighted by Crippen LogP contribution is -2.39. The van der Waals surface area contributed by atoms with E-state index in [0.717, 1.165) is 6.07 Å². The first kappa shape index (κ1) is 15.3. The van der Waals surface area contributed by atoms with Crippen molar-refractivity contribution in [1.82, 2.24) is 5.32 Å². The number of nitrogens with one attached hydrogen (secondary N) is 2. The predicted octanol–water partition coefficient (Wildman–Crippen LogP) is 0.413. The van der Waals surface area contributed by atoms with Gasteiger partial charge in [0.15, 0.2) is 9.84 Å². The summed E-state index contributed by atoms with van der Waals surface area (Å²) in [5.41, 5.74) is 0.0698. The van der Waals surface area contributed by atoms with E-state index in [1.54, 1.807) is 6.07 Å². The van der Waals surface area contributed by atoms with Gasteiger partial charge in [-0.05, 0) is 18.6 Å². The van der Waals surface area contributed by atoms with Gasteiger partial charge in [-0.3, -0.25) is 4.79 Å². The van der Waals surface area contributed by atoms with E-state index in [9.17, 15) is 17.6 Å². The molecule has 0 aliphatic carbocycles. The summed E-state index contributed by atoms with van der Waals surface area (Å²) >= 11 is 0. The van der Waals surface area contributed by atoms with Gasteiger partial charge < -0.3 is 10.6 Å². The minimum Gasteiger partial charge on any atom is -0.375 e. The highest BCUT2D eigenvalue weighted by Gasteiger charge is 2.28. The summed E-state index contributed by atoms with van der Waals surface area (Å²) in [4.78, 5) is 11.7. The van der Waals surface area contributed by atoms with Gasteiger partial charge in [-0.1, -0.05) is 6.07 Å². The van der Waals surface area contributed by atoms with Gasteiger partial charge in [-0.2, -0.15) is 5.26 Å². The van der Waals surface area contributed by atoms with Crippen LogP contribution in [-0.4, -0.2) is 38.4 Å². The van der Waals surface area contributed by atoms with Crippen molar-refractivity contribution in [2.24, 2.45) is 0 Å². The molecule has 1 atom stereocenters. The van der Waals surface area contributed by atoms with E-state index < -0.39 is 21.6 Å². The molecule has 1 fully saturated rings. The maximum absolute atomic E-state index is 13.4. The number of hydrogen-bond acceptors (Lipinski definition) is 5. The third kappa shape index (κ3) is 3.92. The van der Waals surface area contributed by atoms with Crippen LogP contribution in [0.3, 0.4) is 0 Å². The summed E-state index contributed by atoms with van der Waals surface area (Å²) in [6.45, 7) is -0.158. The summed E-state index contributed by atoms with van der Waals surface area (Å²) in [7, 11) is -3.05. The van der Waals surface area contributed by atoms with Gasteiger partial charge in [0.2, 0.25) is 5.91 Å². The Morgan fingerprint density at radius 3 is 2.86 bits per heavy atom. The Kier molecular flexibility index (Phi) is 4.43. The number of benzene rings is 1. The second-order valence-corrected chi connectivity index (χ2v) is 7.02. The molecule has 2 N–H and O–H groups in total. The zero-order chi connectivity index (χ0) is 15.5. The van der Waals surface area contributed by atoms with E-state index in [0.29, 0.717) is 6.42 Å². The van der Waals surface area contributed by atoms with Crippen LogP contribution in [0.25, 0.3) is 0 Å². The Bertz CT molecular complexity index is 697. The number of anilines is 1. The van der Waals surface area contributed by atoms with Gasteiger partial charge >= 0.3 is 0 Å². The minimum atomic E-state index is -3.05. The number of carbonyl (C=O) groups is 1. The summed E-state index contributed by atoms with van der Waals surface area (Å²) < 4.78 is 35.9. The van der Waals surface area contributed by atoms with E-state index in [-0.39, 0.29) is 35.3 Å². The van der Waals surface area contributed by atoms with Crippen LogP contribution < -0.4 is 10.6 Å². The van der Waals surface area contributed by atoms with Crippen molar-refractivity contribution in [2.45, 2.75) is 12.5 Å². The average molecular weight is 311 g/mol. The van der Waals surface area contributed by atoms with Crippen LogP contribution in [0.5, 0.6) is 0 Å². The summed E-state index contributed by atoms with van der Waals surface area (Å²) in [6, 6.07) is 5.43. The highest BCUT2D eigenvalue weighted by Crippen LogP contribution is 2.17. The van der Waals surface area contributed by atoms with Gasteiger partial charge in [0, 0.05) is 6.04 Å². The molecule has 0 saturated carbocycles. The summed E-state index contributed by atoms with van der Waals surface area (Å²) in [5.74, 6) is -1.04. The lowest BCUT2D eigenvalue weighted by molar-refractivity contribution is -0.119. The van der Waals surface area contributed by atoms with Crippen molar-refractivity contribution in [1.29, 1.82) is 5.26 Å². The van der Waals surface area contributed by atoms with Crippen LogP contribution in [-0.2, 0) is 14.6 Å². The van der Waals surface area contributed by atoms with E-state index in [1.165, 1.54) is 12.1 Å². The number of nitrogens with zero attached hydrogens (tertiary/aromatic N) is 1. The Labute approximate surface area is 121 Å². The van der Waals surface area contributed by atoms with Gasteiger partial charge in [-0.25, -0.2) is 12.8 Å². The number of rotatable bonds is 4. The summed E-state index contributed by atoms with van der Waals surface area (Å²) in [6.07, 6.45) is 0.400. The molecule has 6 nitrogen and oxygen atoms in total. The zero-order valence-corrected chi connectivity index (χ0v) is 11.9. The maximum atomic E-state index is 13.4. The Hall–Kier alpha value is -2.14. The van der Waals surface area contributed by atoms with Crippen molar-refractivity contribution in [3.63, 3.8) is 0 Å². The topological polar surface area (TPSA) is 99.1 Å². The third-order valence-electron chi connectivity index (χ3n) is 3.16. The predicted molar refractivity (Wildman–Crippen MR) is 74.8 cm³/mol. The number of carbonyl (C=O) groups excluding carboxylic acids is 1. The first-order valence-corrected chi connectivity index (χ1v) is 8.16. The molecule has 1 amide bonds. The molecule has 1 aliphatic rings. The maximum Gasteiger partial charge on any atom is 0.239 e. The largest absolute Gasteiger partial charge is 0.375 e. The molecule has 0 radical (unpaired) electrons. The minimum absolute atomic E-state index is 0.0534. The quantitative estimate of drug-likeness (QED) is 0.839. The van der Waals surface area contributed by atoms with Crippen molar-refractivity contribution in [3.8, 4) is 6.07 Å². The number of halogens is 1. The Morgan fingerprint density at radius 2 is 2.24 bits per heavy atom. The smallest absolute Gasteiger partial charge is 0.239 e. The first-order chi connectivity index (χ1) is 9.91. The standard InChI is InChI=1S/C13H14FN3O3S/c14-11-2-1-3-12(10(11)6-15)16-7-13(18)17-9-4-5-21(19,20)8-9/h1-3,9,16H,4-5,7-8H2,(H,17,18). The van der Waals surface area contributed by atoms with E-state index in [4.69, 9.17) is 5.26 Å². The van der Waals surface area contributed by atoms with Crippen LogP contribution in [0.15, 0.2) is 18.2 Å². The SMILES string of the molecule is N#Cc1c(F)cccc1NCC(=O)NC1CCS(=O)(=O)C1. The number of amides is 1. The van der Waals surface area contributed by atoms with Gasteiger partial charge in [-0.15, -0.1) is 0 Å². The highest BCUT2D eigenvalue weighted by atomic mass is 32.2. The lowest BCUT2D eigenvalue weighted by atomic mass is 10.2. The molecule has 1 aromatic rings. The molecule has 0 aromatic heterocycles. The monoisotopic (exact) mass is 311 g/mol. The van der Waals surface area contributed by atoms with Crippen LogP contribution >= 0.6 is 0 Å². The third-order valence-corrected chi connectivity index (χ3v) is 4.93. The zero-order valence-electron chi connectivity index (χ0n) is 11.1. The fourth-order valence-corrected chi connectivity index (χ4v) is 3.82. The molecule has 1 unspecified atom stereocenters. The van der Waals surface area contributed by atoms with Crippen LogP contribution in [0.2, 0.25) is 0 Å². The summed E-state index contributed by atoms with van der Waals surface area (Å²) in [5, 5.41) is 14.1. The first-order valence-electron chi connectivity index (χ1n) is 6.33. The van der Waals surface area contributed by atoms with Crippen LogP contribution in [0.1, 0.15) is 12.0 Å². The molecule has 112 valence electrons. The van der Waals surface area contributed by atoms with Crippen LogP contribution in [0, 0.1) is 17.1 Å². The van der Waals surface area contributed by atoms with Gasteiger partial charge in [0.1, 0.15) is 17.4 Å². The molecule has 21 heavy (non-hydrogen) atoms. The Balaban J connectivity index is 1.91. The molecule has 2 rings (SSSR count). The second kappa shape index (κ2) is 6.10. The molecule has 0 bridgehead atoms. The molecule has 1 aliphatic heterocycles. The molecular formula is C13H14FN3O3S.